The lowest BCUT2D eigenvalue weighted by Crippen LogP contribution is -2.46. The van der Waals surface area contributed by atoms with Crippen molar-refractivity contribution in [2.45, 2.75) is 44.6 Å². The Labute approximate surface area is 240 Å². The standard InChI is InChI=1S/C33H37N3O5/c1-2-28(31(23-6-4-3-5-7-23)24-8-10-25(11-9-24)33(39)40)36-29-13-12-26(20-27(29)32(38)35-21-30(36)37)41-19-16-22-14-17-34-18-15-22/h3-13,20,22,28,31,34H,2,14-19,21H2,1H3,(H,35,38)(H,39,40). The maximum atomic E-state index is 13.7. The first kappa shape index (κ1) is 28.4. The Balaban J connectivity index is 1.48. The molecule has 8 heteroatoms. The Morgan fingerprint density at radius 3 is 2.39 bits per heavy atom. The molecule has 0 bridgehead atoms. The quantitative estimate of drug-likeness (QED) is 0.331. The van der Waals surface area contributed by atoms with E-state index in [-0.39, 0.29) is 35.9 Å². The molecule has 1 fully saturated rings. The van der Waals surface area contributed by atoms with Gasteiger partial charge in [-0.1, -0.05) is 49.4 Å². The molecule has 214 valence electrons. The largest absolute Gasteiger partial charge is 0.494 e. The van der Waals surface area contributed by atoms with Crippen LogP contribution >= 0.6 is 0 Å². The maximum Gasteiger partial charge on any atom is 0.335 e. The van der Waals surface area contributed by atoms with E-state index in [1.807, 2.05) is 61.5 Å². The number of hydrogen-bond acceptors (Lipinski definition) is 5. The van der Waals surface area contributed by atoms with E-state index in [0.717, 1.165) is 43.5 Å². The molecule has 0 saturated carbocycles. The van der Waals surface area contributed by atoms with Crippen LogP contribution < -0.4 is 20.3 Å². The fraction of sp³-hybridized carbons (Fsp3) is 0.364. The molecule has 0 aliphatic carbocycles. The molecule has 0 radical (unpaired) electrons. The van der Waals surface area contributed by atoms with Crippen LogP contribution in [0.5, 0.6) is 5.75 Å². The number of hydrogen-bond donors (Lipinski definition) is 3. The van der Waals surface area contributed by atoms with Gasteiger partial charge < -0.3 is 25.4 Å². The van der Waals surface area contributed by atoms with E-state index in [2.05, 4.69) is 10.6 Å². The molecule has 0 aromatic heterocycles. The zero-order valence-electron chi connectivity index (χ0n) is 23.3. The van der Waals surface area contributed by atoms with Crippen LogP contribution in [-0.4, -0.2) is 55.2 Å². The second-order valence-electron chi connectivity index (χ2n) is 10.7. The van der Waals surface area contributed by atoms with Gasteiger partial charge in [0.05, 0.1) is 30.0 Å². The summed E-state index contributed by atoms with van der Waals surface area (Å²) in [6, 6.07) is 21.8. The lowest BCUT2D eigenvalue weighted by molar-refractivity contribution is -0.118. The predicted octanol–water partition coefficient (Wildman–Crippen LogP) is 4.84. The highest BCUT2D eigenvalue weighted by Crippen LogP contribution is 2.38. The number of carbonyl (C=O) groups is 3. The molecular weight excluding hydrogens is 518 g/mol. The van der Waals surface area contributed by atoms with Crippen molar-refractivity contribution in [2.75, 3.05) is 31.1 Å². The highest BCUT2D eigenvalue weighted by Gasteiger charge is 2.36. The summed E-state index contributed by atoms with van der Waals surface area (Å²) in [4.78, 5) is 40.1. The van der Waals surface area contributed by atoms with Crippen molar-refractivity contribution in [3.63, 3.8) is 0 Å². The van der Waals surface area contributed by atoms with Gasteiger partial charge in [-0.15, -0.1) is 0 Å². The SMILES string of the molecule is CCC(C(c1ccccc1)c1ccc(C(=O)O)cc1)N1C(=O)CNC(=O)c2cc(OCCC3CCNCC3)ccc21. The van der Waals surface area contributed by atoms with Gasteiger partial charge in [0.25, 0.3) is 5.91 Å². The van der Waals surface area contributed by atoms with Crippen molar-refractivity contribution in [1.29, 1.82) is 0 Å². The molecule has 5 rings (SSSR count). The molecular formula is C33H37N3O5. The first-order valence-electron chi connectivity index (χ1n) is 14.4. The number of carboxylic acid groups (broad SMARTS) is 1. The zero-order valence-corrected chi connectivity index (χ0v) is 23.3. The molecule has 3 N–H and O–H groups in total. The summed E-state index contributed by atoms with van der Waals surface area (Å²) in [7, 11) is 0. The Hall–Kier alpha value is -4.17. The third kappa shape index (κ3) is 6.43. The molecule has 41 heavy (non-hydrogen) atoms. The van der Waals surface area contributed by atoms with Gasteiger partial charge in [-0.25, -0.2) is 4.79 Å². The Morgan fingerprint density at radius 2 is 1.71 bits per heavy atom. The van der Waals surface area contributed by atoms with Crippen LogP contribution in [-0.2, 0) is 4.79 Å². The van der Waals surface area contributed by atoms with Crippen LogP contribution in [0.15, 0.2) is 72.8 Å². The fourth-order valence-corrected chi connectivity index (χ4v) is 6.04. The van der Waals surface area contributed by atoms with E-state index in [0.29, 0.717) is 35.9 Å². The number of carboxylic acids is 1. The second-order valence-corrected chi connectivity index (χ2v) is 10.7. The normalized spacial score (nSPS) is 17.2. The Bertz CT molecular complexity index is 1370. The number of carbonyl (C=O) groups excluding carboxylic acids is 2. The molecule has 2 aliphatic rings. The highest BCUT2D eigenvalue weighted by atomic mass is 16.5. The van der Waals surface area contributed by atoms with Crippen LogP contribution in [0.4, 0.5) is 5.69 Å². The number of aromatic carboxylic acids is 1. The van der Waals surface area contributed by atoms with E-state index in [1.54, 1.807) is 23.1 Å². The maximum absolute atomic E-state index is 13.7. The number of ether oxygens (including phenoxy) is 1. The van der Waals surface area contributed by atoms with E-state index in [4.69, 9.17) is 4.74 Å². The molecule has 2 aliphatic heterocycles. The fourth-order valence-electron chi connectivity index (χ4n) is 6.04. The summed E-state index contributed by atoms with van der Waals surface area (Å²) in [6.07, 6.45) is 3.86. The average molecular weight is 556 g/mol. The predicted molar refractivity (Wildman–Crippen MR) is 158 cm³/mol. The number of fused-ring (bicyclic) bond motifs is 1. The second kappa shape index (κ2) is 13.0. The molecule has 3 aromatic rings. The van der Waals surface area contributed by atoms with E-state index in [1.165, 1.54) is 0 Å². The minimum absolute atomic E-state index is 0.116. The minimum Gasteiger partial charge on any atom is -0.494 e. The smallest absolute Gasteiger partial charge is 0.335 e. The third-order valence-corrected chi connectivity index (χ3v) is 8.20. The molecule has 2 unspecified atom stereocenters. The number of benzene rings is 3. The third-order valence-electron chi connectivity index (χ3n) is 8.20. The van der Waals surface area contributed by atoms with Crippen molar-refractivity contribution in [3.8, 4) is 5.75 Å². The number of nitrogens with zero attached hydrogens (tertiary/aromatic N) is 1. The van der Waals surface area contributed by atoms with Crippen molar-refractivity contribution < 1.29 is 24.2 Å². The van der Waals surface area contributed by atoms with Gasteiger partial charge in [-0.3, -0.25) is 9.59 Å². The number of amides is 2. The van der Waals surface area contributed by atoms with Crippen molar-refractivity contribution in [1.82, 2.24) is 10.6 Å². The van der Waals surface area contributed by atoms with Gasteiger partial charge in [0, 0.05) is 12.0 Å². The number of piperidine rings is 1. The van der Waals surface area contributed by atoms with Gasteiger partial charge in [0.15, 0.2) is 0 Å². The Morgan fingerprint density at radius 1 is 1.00 bits per heavy atom. The van der Waals surface area contributed by atoms with Crippen molar-refractivity contribution in [3.05, 3.63) is 95.1 Å². The van der Waals surface area contributed by atoms with Crippen LogP contribution in [0.2, 0.25) is 0 Å². The van der Waals surface area contributed by atoms with Gasteiger partial charge in [-0.05, 0) is 86.1 Å². The van der Waals surface area contributed by atoms with Gasteiger partial charge in [0.2, 0.25) is 5.91 Å². The van der Waals surface area contributed by atoms with Crippen LogP contribution in [0.3, 0.4) is 0 Å². The summed E-state index contributed by atoms with van der Waals surface area (Å²) in [5.74, 6) is -0.509. The summed E-state index contributed by atoms with van der Waals surface area (Å²) in [5.41, 5.74) is 3.04. The molecule has 2 atom stereocenters. The molecule has 0 spiro atoms. The summed E-state index contributed by atoms with van der Waals surface area (Å²) in [5, 5.41) is 15.6. The van der Waals surface area contributed by atoms with Crippen LogP contribution in [0.1, 0.15) is 70.4 Å². The zero-order chi connectivity index (χ0) is 28.8. The highest BCUT2D eigenvalue weighted by molar-refractivity contribution is 6.10. The molecule has 8 nitrogen and oxygen atoms in total. The van der Waals surface area contributed by atoms with E-state index in [9.17, 15) is 19.5 Å². The minimum atomic E-state index is -0.991. The van der Waals surface area contributed by atoms with Crippen molar-refractivity contribution >= 4 is 23.5 Å². The lowest BCUT2D eigenvalue weighted by atomic mass is 9.82. The van der Waals surface area contributed by atoms with Gasteiger partial charge >= 0.3 is 5.97 Å². The molecule has 1 saturated heterocycles. The first-order valence-corrected chi connectivity index (χ1v) is 14.4. The number of rotatable bonds is 10. The van der Waals surface area contributed by atoms with Gasteiger partial charge in [0.1, 0.15) is 5.75 Å². The monoisotopic (exact) mass is 555 g/mol. The van der Waals surface area contributed by atoms with Crippen LogP contribution in [0.25, 0.3) is 0 Å². The lowest BCUT2D eigenvalue weighted by Gasteiger charge is -2.37. The first-order chi connectivity index (χ1) is 20.0. The molecule has 2 amide bonds. The average Bonchev–Trinajstić information content (AvgIpc) is 3.12. The molecule has 2 heterocycles. The van der Waals surface area contributed by atoms with E-state index >= 15 is 0 Å². The van der Waals surface area contributed by atoms with Crippen LogP contribution in [0, 0.1) is 5.92 Å². The summed E-state index contributed by atoms with van der Waals surface area (Å²) in [6.45, 7) is 4.57. The van der Waals surface area contributed by atoms with Gasteiger partial charge in [-0.2, -0.15) is 0 Å². The number of anilines is 1. The Kier molecular flexibility index (Phi) is 8.99. The number of nitrogens with one attached hydrogen (secondary N) is 2. The summed E-state index contributed by atoms with van der Waals surface area (Å²) >= 11 is 0. The molecule has 3 aromatic carbocycles. The van der Waals surface area contributed by atoms with Crippen molar-refractivity contribution in [2.24, 2.45) is 5.92 Å². The topological polar surface area (TPSA) is 108 Å². The van der Waals surface area contributed by atoms with E-state index < -0.39 is 5.97 Å². The summed E-state index contributed by atoms with van der Waals surface area (Å²) < 4.78 is 6.08.